The van der Waals surface area contributed by atoms with E-state index in [9.17, 15) is 31.1 Å². The maximum Gasteiger partial charge on any atom is 0.416 e. The topological polar surface area (TPSA) is 70.2 Å². The third-order valence-corrected chi connectivity index (χ3v) is 5.86. The van der Waals surface area contributed by atoms with Crippen LogP contribution in [0.1, 0.15) is 36.8 Å². The van der Waals surface area contributed by atoms with Crippen molar-refractivity contribution in [3.8, 4) is 11.3 Å². The molecule has 2 amide bonds. The highest BCUT2D eigenvalue weighted by atomic mass is 19.4. The lowest BCUT2D eigenvalue weighted by Gasteiger charge is -2.20. The summed E-state index contributed by atoms with van der Waals surface area (Å²) >= 11 is 0. The number of hydrogen-bond acceptors (Lipinski definition) is 4. The predicted molar refractivity (Wildman–Crippen MR) is 127 cm³/mol. The number of carbonyl (C=O) groups excluding carboxylic acids is 1. The smallest absolute Gasteiger partial charge is 0.355 e. The van der Waals surface area contributed by atoms with Gasteiger partial charge >= 0.3 is 18.4 Å². The Labute approximate surface area is 208 Å². The molecule has 0 radical (unpaired) electrons. The highest BCUT2D eigenvalue weighted by Crippen LogP contribution is 2.37. The Hall–Kier alpha value is -3.83. The first-order valence-corrected chi connectivity index (χ1v) is 11.6. The van der Waals surface area contributed by atoms with Gasteiger partial charge in [-0.05, 0) is 55.3 Å². The van der Waals surface area contributed by atoms with Gasteiger partial charge in [0.15, 0.2) is 5.82 Å². The highest BCUT2D eigenvalue weighted by molar-refractivity contribution is 6.00. The van der Waals surface area contributed by atoms with Crippen molar-refractivity contribution < 1.29 is 31.1 Å². The Balaban J connectivity index is 1.42. The SMILES string of the molecule is O=C(Nc1ccc(-c2ccc(N3CCCCCC3)nn2)cc1)Nc1cc(C(F)(F)F)cc(C(F)(F)F)c1. The van der Waals surface area contributed by atoms with Crippen LogP contribution >= 0.6 is 0 Å². The molecule has 37 heavy (non-hydrogen) atoms. The van der Waals surface area contributed by atoms with E-state index in [0.717, 1.165) is 31.7 Å². The van der Waals surface area contributed by atoms with Crippen molar-refractivity contribution >= 4 is 23.2 Å². The standard InChI is InChI=1S/C25H23F6N5O/c26-24(27,28)17-13-18(25(29,30)31)15-20(14-17)33-23(37)32-19-7-5-16(6-8-19)21-9-10-22(35-34-21)36-11-3-1-2-4-12-36/h5-10,13-15H,1-4,11-12H2,(H2,32,33,37). The van der Waals surface area contributed by atoms with Gasteiger partial charge in [-0.25, -0.2) is 4.79 Å². The van der Waals surface area contributed by atoms with Gasteiger partial charge in [0.05, 0.1) is 16.8 Å². The molecule has 3 aromatic rings. The zero-order valence-corrected chi connectivity index (χ0v) is 19.5. The van der Waals surface area contributed by atoms with Crippen molar-refractivity contribution in [1.29, 1.82) is 0 Å². The molecule has 0 bridgehead atoms. The number of amides is 2. The van der Waals surface area contributed by atoms with Crippen LogP contribution in [-0.2, 0) is 12.4 Å². The van der Waals surface area contributed by atoms with Crippen LogP contribution in [0, 0.1) is 0 Å². The summed E-state index contributed by atoms with van der Waals surface area (Å²) in [5.74, 6) is 0.809. The molecule has 1 fully saturated rings. The lowest BCUT2D eigenvalue weighted by molar-refractivity contribution is -0.143. The molecule has 0 spiro atoms. The van der Waals surface area contributed by atoms with E-state index in [0.29, 0.717) is 23.4 Å². The fourth-order valence-electron chi connectivity index (χ4n) is 3.99. The Morgan fingerprint density at radius 2 is 1.27 bits per heavy atom. The number of urea groups is 1. The summed E-state index contributed by atoms with van der Waals surface area (Å²) in [6.45, 7) is 1.88. The molecule has 0 unspecified atom stereocenters. The Kier molecular flexibility index (Phi) is 7.55. The van der Waals surface area contributed by atoms with Gasteiger partial charge in [0.2, 0.25) is 0 Å². The summed E-state index contributed by atoms with van der Waals surface area (Å²) in [6, 6.07) is 10.0. The molecule has 4 rings (SSSR count). The maximum absolute atomic E-state index is 13.0. The van der Waals surface area contributed by atoms with E-state index in [2.05, 4.69) is 20.4 Å². The summed E-state index contributed by atoms with van der Waals surface area (Å²) in [4.78, 5) is 14.5. The van der Waals surface area contributed by atoms with E-state index in [4.69, 9.17) is 0 Å². The Bertz CT molecular complexity index is 1190. The number of nitrogens with one attached hydrogen (secondary N) is 2. The van der Waals surface area contributed by atoms with Crippen molar-refractivity contribution in [2.24, 2.45) is 0 Å². The molecule has 1 aliphatic heterocycles. The Morgan fingerprint density at radius 3 is 1.78 bits per heavy atom. The summed E-state index contributed by atoms with van der Waals surface area (Å²) < 4.78 is 78.1. The second-order valence-corrected chi connectivity index (χ2v) is 8.63. The number of nitrogens with zero attached hydrogens (tertiary/aromatic N) is 3. The number of aromatic nitrogens is 2. The van der Waals surface area contributed by atoms with Gasteiger partial charge in [-0.3, -0.25) is 0 Å². The zero-order chi connectivity index (χ0) is 26.6. The molecule has 2 N–H and O–H groups in total. The first-order valence-electron chi connectivity index (χ1n) is 11.6. The van der Waals surface area contributed by atoms with E-state index in [1.807, 2.05) is 17.4 Å². The number of benzene rings is 2. The van der Waals surface area contributed by atoms with Gasteiger partial charge in [0.25, 0.3) is 0 Å². The number of carbonyl (C=O) groups is 1. The van der Waals surface area contributed by atoms with Crippen LogP contribution in [0.3, 0.4) is 0 Å². The molecule has 0 aliphatic carbocycles. The lowest BCUT2D eigenvalue weighted by atomic mass is 10.1. The van der Waals surface area contributed by atoms with E-state index in [-0.39, 0.29) is 11.8 Å². The largest absolute Gasteiger partial charge is 0.416 e. The monoisotopic (exact) mass is 523 g/mol. The number of rotatable bonds is 4. The fourth-order valence-corrected chi connectivity index (χ4v) is 3.99. The van der Waals surface area contributed by atoms with Crippen LogP contribution in [-0.4, -0.2) is 29.3 Å². The van der Waals surface area contributed by atoms with Gasteiger partial charge < -0.3 is 15.5 Å². The lowest BCUT2D eigenvalue weighted by Crippen LogP contribution is -2.25. The third kappa shape index (κ3) is 6.89. The number of alkyl halides is 6. The zero-order valence-electron chi connectivity index (χ0n) is 19.5. The van der Waals surface area contributed by atoms with Crippen molar-refractivity contribution in [3.05, 3.63) is 65.7 Å². The summed E-state index contributed by atoms with van der Waals surface area (Å²) in [5.41, 5.74) is -2.09. The molecule has 196 valence electrons. The molecule has 1 aliphatic rings. The quantitative estimate of drug-likeness (QED) is 0.355. The van der Waals surface area contributed by atoms with Crippen molar-refractivity contribution in [1.82, 2.24) is 10.2 Å². The molecular weight excluding hydrogens is 500 g/mol. The van der Waals surface area contributed by atoms with Crippen LogP contribution in [0.15, 0.2) is 54.6 Å². The van der Waals surface area contributed by atoms with Crippen LogP contribution in [0.5, 0.6) is 0 Å². The van der Waals surface area contributed by atoms with Crippen molar-refractivity contribution in [2.75, 3.05) is 28.6 Å². The van der Waals surface area contributed by atoms with Crippen LogP contribution in [0.2, 0.25) is 0 Å². The maximum atomic E-state index is 13.0. The summed E-state index contributed by atoms with van der Waals surface area (Å²) in [7, 11) is 0. The van der Waals surface area contributed by atoms with E-state index < -0.39 is 35.2 Å². The predicted octanol–water partition coefficient (Wildman–Crippen LogP) is 7.21. The average Bonchev–Trinajstić information content (AvgIpc) is 3.13. The van der Waals surface area contributed by atoms with Gasteiger partial charge in [-0.1, -0.05) is 25.0 Å². The molecule has 0 saturated carbocycles. The summed E-state index contributed by atoms with van der Waals surface area (Å²) in [5, 5.41) is 13.0. The Morgan fingerprint density at radius 1 is 0.703 bits per heavy atom. The first-order chi connectivity index (χ1) is 17.5. The molecule has 12 heteroatoms. The van der Waals surface area contributed by atoms with Crippen LogP contribution < -0.4 is 15.5 Å². The molecule has 0 atom stereocenters. The minimum absolute atomic E-state index is 0.00876. The van der Waals surface area contributed by atoms with Crippen LogP contribution in [0.4, 0.5) is 48.3 Å². The van der Waals surface area contributed by atoms with Gasteiger partial charge in [-0.15, -0.1) is 10.2 Å². The molecule has 1 saturated heterocycles. The van der Waals surface area contributed by atoms with E-state index >= 15 is 0 Å². The van der Waals surface area contributed by atoms with E-state index in [1.54, 1.807) is 12.1 Å². The number of halogens is 6. The molecule has 6 nitrogen and oxygen atoms in total. The molecular formula is C25H23F6N5O. The fraction of sp³-hybridized carbons (Fsp3) is 0.320. The van der Waals surface area contributed by atoms with E-state index in [1.165, 1.54) is 25.0 Å². The van der Waals surface area contributed by atoms with Gasteiger partial charge in [0.1, 0.15) is 0 Å². The minimum Gasteiger partial charge on any atom is -0.355 e. The van der Waals surface area contributed by atoms with Gasteiger partial charge in [-0.2, -0.15) is 26.3 Å². The first kappa shape index (κ1) is 26.2. The highest BCUT2D eigenvalue weighted by Gasteiger charge is 2.37. The average molecular weight is 523 g/mol. The molecule has 1 aromatic heterocycles. The number of anilines is 3. The minimum atomic E-state index is -5.02. The van der Waals surface area contributed by atoms with Crippen LogP contribution in [0.25, 0.3) is 11.3 Å². The molecule has 2 heterocycles. The third-order valence-electron chi connectivity index (χ3n) is 5.86. The van der Waals surface area contributed by atoms with Crippen molar-refractivity contribution in [2.45, 2.75) is 38.0 Å². The number of hydrogen-bond donors (Lipinski definition) is 2. The van der Waals surface area contributed by atoms with Crippen molar-refractivity contribution in [3.63, 3.8) is 0 Å². The summed E-state index contributed by atoms with van der Waals surface area (Å²) in [6.07, 6.45) is -5.40. The second kappa shape index (κ2) is 10.7. The van der Waals surface area contributed by atoms with Gasteiger partial charge in [0, 0.05) is 30.0 Å². The normalized spacial score (nSPS) is 14.7. The molecule has 2 aromatic carbocycles. The second-order valence-electron chi connectivity index (χ2n) is 8.63.